The molecule has 0 saturated heterocycles. The Labute approximate surface area is 209 Å². The first-order valence-corrected chi connectivity index (χ1v) is 13.0. The molecule has 1 aromatic heterocycles. The topological polar surface area (TPSA) is 98.5 Å². The van der Waals surface area contributed by atoms with E-state index in [0.29, 0.717) is 16.9 Å². The lowest BCUT2D eigenvalue weighted by molar-refractivity contribution is -0.118. The maximum Gasteiger partial charge on any atom is 0.248 e. The van der Waals surface area contributed by atoms with E-state index in [4.69, 9.17) is 9.26 Å². The van der Waals surface area contributed by atoms with Crippen LogP contribution in [-0.2, 0) is 19.6 Å². The van der Waals surface area contributed by atoms with E-state index in [0.717, 1.165) is 27.6 Å². The van der Waals surface area contributed by atoms with E-state index in [1.165, 1.54) is 6.07 Å². The third-order valence-corrected chi connectivity index (χ3v) is 8.49. The van der Waals surface area contributed by atoms with Gasteiger partial charge in [0.25, 0.3) is 0 Å². The highest BCUT2D eigenvalue weighted by Gasteiger charge is 2.48. The van der Waals surface area contributed by atoms with Gasteiger partial charge >= 0.3 is 0 Å². The SMILES string of the molecule is COc1ccc2cc(C3=CC(c4ccc(C)cc4)(S(=O)(=O)Nc4cc(C)on4)CC(=O)C3)ccc2c1. The van der Waals surface area contributed by atoms with Crippen LogP contribution >= 0.6 is 0 Å². The summed E-state index contributed by atoms with van der Waals surface area (Å²) in [6, 6.07) is 20.3. The molecule has 184 valence electrons. The normalized spacial score (nSPS) is 18.2. The van der Waals surface area contributed by atoms with Crippen molar-refractivity contribution in [1.82, 2.24) is 5.16 Å². The molecule has 7 nitrogen and oxygen atoms in total. The van der Waals surface area contributed by atoms with Crippen molar-refractivity contribution in [2.45, 2.75) is 31.4 Å². The average molecular weight is 503 g/mol. The number of Topliss-reactive ketones (excluding diaryl/α,β-unsaturated/α-hetero) is 1. The molecule has 0 aliphatic heterocycles. The Bertz CT molecular complexity index is 1600. The number of methoxy groups -OCH3 is 1. The van der Waals surface area contributed by atoms with E-state index in [2.05, 4.69) is 9.88 Å². The zero-order valence-electron chi connectivity index (χ0n) is 20.2. The Hall–Kier alpha value is -3.91. The molecule has 3 aromatic carbocycles. The van der Waals surface area contributed by atoms with E-state index in [9.17, 15) is 13.2 Å². The number of aromatic nitrogens is 1. The Morgan fingerprint density at radius 3 is 2.39 bits per heavy atom. The van der Waals surface area contributed by atoms with E-state index >= 15 is 0 Å². The van der Waals surface area contributed by atoms with Gasteiger partial charge in [-0.3, -0.25) is 9.52 Å². The molecule has 1 unspecified atom stereocenters. The standard InChI is InChI=1S/C28H26N2O5S/c1-18-4-9-24(10-5-18)28(36(32,33)30-27-12-19(2)35-29-27)16-23(14-25(31)17-28)21-6-7-22-15-26(34-3)11-8-20(22)13-21/h4-13,15-16H,14,17H2,1-3H3,(H,29,30). The summed E-state index contributed by atoms with van der Waals surface area (Å²) in [7, 11) is -2.54. The zero-order valence-corrected chi connectivity index (χ0v) is 21.1. The molecule has 0 amide bonds. The smallest absolute Gasteiger partial charge is 0.248 e. The maximum absolute atomic E-state index is 14.0. The zero-order chi connectivity index (χ0) is 25.5. The molecule has 1 atom stereocenters. The first-order valence-electron chi connectivity index (χ1n) is 11.5. The van der Waals surface area contributed by atoms with Gasteiger partial charge in [0, 0.05) is 18.9 Å². The predicted molar refractivity (Wildman–Crippen MR) is 139 cm³/mol. The molecule has 8 heteroatoms. The van der Waals surface area contributed by atoms with Gasteiger partial charge in [0.1, 0.15) is 22.0 Å². The molecule has 0 bridgehead atoms. The Morgan fingerprint density at radius 1 is 0.972 bits per heavy atom. The average Bonchev–Trinajstić information content (AvgIpc) is 3.26. The van der Waals surface area contributed by atoms with Gasteiger partial charge < -0.3 is 9.26 Å². The number of allylic oxidation sites excluding steroid dienone is 1. The summed E-state index contributed by atoms with van der Waals surface area (Å²) in [6.07, 6.45) is 1.68. The van der Waals surface area contributed by atoms with Crippen molar-refractivity contribution in [3.05, 3.63) is 95.3 Å². The van der Waals surface area contributed by atoms with E-state index in [-0.39, 0.29) is 24.4 Å². The minimum atomic E-state index is -4.16. The Kier molecular flexibility index (Phi) is 5.92. The third kappa shape index (κ3) is 4.28. The van der Waals surface area contributed by atoms with Crippen LogP contribution in [0.1, 0.15) is 35.3 Å². The van der Waals surface area contributed by atoms with Crippen molar-refractivity contribution in [3.63, 3.8) is 0 Å². The van der Waals surface area contributed by atoms with Crippen LogP contribution in [0.2, 0.25) is 0 Å². The molecule has 0 spiro atoms. The molecule has 5 rings (SSSR count). The Balaban J connectivity index is 1.68. The number of aryl methyl sites for hydroxylation is 2. The molecule has 4 aromatic rings. The van der Waals surface area contributed by atoms with Gasteiger partial charge in [0.05, 0.1) is 7.11 Å². The number of sulfonamides is 1. The van der Waals surface area contributed by atoms with Gasteiger partial charge in [-0.15, -0.1) is 0 Å². The Morgan fingerprint density at radius 2 is 1.69 bits per heavy atom. The summed E-state index contributed by atoms with van der Waals surface area (Å²) in [4.78, 5) is 13.2. The highest BCUT2D eigenvalue weighted by molar-refractivity contribution is 7.93. The fourth-order valence-corrected chi connectivity index (χ4v) is 6.33. The lowest BCUT2D eigenvalue weighted by atomic mass is 9.81. The molecule has 1 heterocycles. The van der Waals surface area contributed by atoms with Crippen LogP contribution < -0.4 is 9.46 Å². The number of nitrogens with zero attached hydrogens (tertiary/aromatic N) is 1. The second kappa shape index (κ2) is 8.95. The van der Waals surface area contributed by atoms with Crippen molar-refractivity contribution in [2.75, 3.05) is 11.8 Å². The molecular formula is C28H26N2O5S. The minimum Gasteiger partial charge on any atom is -0.497 e. The van der Waals surface area contributed by atoms with Crippen molar-refractivity contribution in [3.8, 4) is 5.75 Å². The van der Waals surface area contributed by atoms with Crippen molar-refractivity contribution >= 4 is 38.0 Å². The molecular weight excluding hydrogens is 476 g/mol. The molecule has 0 radical (unpaired) electrons. The van der Waals surface area contributed by atoms with Crippen LogP contribution in [0.5, 0.6) is 5.75 Å². The highest BCUT2D eigenvalue weighted by atomic mass is 32.2. The molecule has 0 fully saturated rings. The van der Waals surface area contributed by atoms with Crippen LogP contribution in [0.4, 0.5) is 5.82 Å². The van der Waals surface area contributed by atoms with Crippen molar-refractivity contribution in [2.24, 2.45) is 0 Å². The second-order valence-electron chi connectivity index (χ2n) is 9.17. The highest BCUT2D eigenvalue weighted by Crippen LogP contribution is 2.44. The summed E-state index contributed by atoms with van der Waals surface area (Å²) in [5.74, 6) is 1.14. The molecule has 1 aliphatic rings. The second-order valence-corrected chi connectivity index (χ2v) is 11.1. The number of carbonyl (C=O) groups is 1. The largest absolute Gasteiger partial charge is 0.497 e. The number of ether oxygens (including phenoxy) is 1. The number of hydrogen-bond donors (Lipinski definition) is 1. The quantitative estimate of drug-likeness (QED) is 0.372. The number of hydrogen-bond acceptors (Lipinski definition) is 6. The molecule has 36 heavy (non-hydrogen) atoms. The monoisotopic (exact) mass is 502 g/mol. The number of ketones is 1. The molecule has 1 N–H and O–H groups in total. The number of anilines is 1. The van der Waals surface area contributed by atoms with Crippen LogP contribution in [0.25, 0.3) is 16.3 Å². The van der Waals surface area contributed by atoms with Gasteiger partial charge in [-0.05, 0) is 59.5 Å². The molecule has 1 aliphatic carbocycles. The predicted octanol–water partition coefficient (Wildman–Crippen LogP) is 5.54. The maximum atomic E-state index is 14.0. The number of rotatable bonds is 6. The fraction of sp³-hybridized carbons (Fsp3) is 0.214. The number of fused-ring (bicyclic) bond motifs is 1. The van der Waals surface area contributed by atoms with Crippen molar-refractivity contribution < 1.29 is 22.5 Å². The van der Waals surface area contributed by atoms with Gasteiger partial charge in [-0.25, -0.2) is 8.42 Å². The van der Waals surface area contributed by atoms with Crippen molar-refractivity contribution in [1.29, 1.82) is 0 Å². The summed E-state index contributed by atoms with van der Waals surface area (Å²) in [6.45, 7) is 3.61. The first-order chi connectivity index (χ1) is 17.2. The summed E-state index contributed by atoms with van der Waals surface area (Å²) in [5.41, 5.74) is 2.95. The summed E-state index contributed by atoms with van der Waals surface area (Å²) in [5, 5.41) is 5.75. The number of benzene rings is 3. The van der Waals surface area contributed by atoms with Crippen LogP contribution in [0, 0.1) is 13.8 Å². The number of nitrogens with one attached hydrogen (secondary N) is 1. The van der Waals surface area contributed by atoms with Gasteiger partial charge in [-0.1, -0.05) is 59.3 Å². The van der Waals surface area contributed by atoms with Crippen LogP contribution in [-0.4, -0.2) is 26.5 Å². The first kappa shape index (κ1) is 23.8. The third-order valence-electron chi connectivity index (χ3n) is 6.56. The lowest BCUT2D eigenvalue weighted by Crippen LogP contribution is -2.42. The number of carbonyl (C=O) groups excluding carboxylic acids is 1. The van der Waals surface area contributed by atoms with E-state index < -0.39 is 14.8 Å². The lowest BCUT2D eigenvalue weighted by Gasteiger charge is -2.34. The van der Waals surface area contributed by atoms with Gasteiger partial charge in [0.15, 0.2) is 5.82 Å². The van der Waals surface area contributed by atoms with Crippen LogP contribution in [0.3, 0.4) is 0 Å². The van der Waals surface area contributed by atoms with E-state index in [1.807, 2.05) is 55.5 Å². The summed E-state index contributed by atoms with van der Waals surface area (Å²) >= 11 is 0. The summed E-state index contributed by atoms with van der Waals surface area (Å²) < 4.78 is 39.2. The van der Waals surface area contributed by atoms with Gasteiger partial charge in [0.2, 0.25) is 10.0 Å². The fourth-order valence-electron chi connectivity index (χ4n) is 4.68. The van der Waals surface area contributed by atoms with Crippen LogP contribution in [0.15, 0.2) is 77.3 Å². The van der Waals surface area contributed by atoms with E-state index in [1.54, 1.807) is 32.2 Å². The van der Waals surface area contributed by atoms with Gasteiger partial charge in [-0.2, -0.15) is 0 Å². The molecule has 0 saturated carbocycles. The minimum absolute atomic E-state index is 0.0756.